The normalized spacial score (nSPS) is 18.1. The molecule has 4 heteroatoms. The lowest BCUT2D eigenvalue weighted by Crippen LogP contribution is -2.32. The molecule has 17 heavy (non-hydrogen) atoms. The van der Waals surface area contributed by atoms with Crippen LogP contribution in [0.4, 0.5) is 5.69 Å². The van der Waals surface area contributed by atoms with Gasteiger partial charge in [-0.05, 0) is 32.0 Å². The third-order valence-electron chi connectivity index (χ3n) is 3.25. The maximum Gasteiger partial charge on any atom is 0.0558 e. The van der Waals surface area contributed by atoms with Gasteiger partial charge in [0.05, 0.1) is 6.61 Å². The molecule has 1 aromatic rings. The number of anilines is 1. The Morgan fingerprint density at radius 2 is 2.18 bits per heavy atom. The number of pyridine rings is 1. The van der Waals surface area contributed by atoms with Gasteiger partial charge in [-0.3, -0.25) is 9.88 Å². The molecule has 4 nitrogen and oxygen atoms in total. The first kappa shape index (κ1) is 12.3. The highest BCUT2D eigenvalue weighted by atomic mass is 16.3. The van der Waals surface area contributed by atoms with Crippen LogP contribution < -0.4 is 4.90 Å². The molecule has 2 heterocycles. The highest BCUT2D eigenvalue weighted by molar-refractivity contribution is 5.46. The van der Waals surface area contributed by atoms with Gasteiger partial charge in [-0.1, -0.05) is 0 Å². The molecule has 0 bridgehead atoms. The largest absolute Gasteiger partial charge is 0.395 e. The standard InChI is InChI=1S/C13H21N3O/c1-12-11-13(3-4-14-12)16-6-2-5-15(7-8-16)9-10-17/h3-4,11,17H,2,5-10H2,1H3. The van der Waals surface area contributed by atoms with Crippen molar-refractivity contribution in [2.24, 2.45) is 0 Å². The quantitative estimate of drug-likeness (QED) is 0.845. The van der Waals surface area contributed by atoms with Gasteiger partial charge in [0.1, 0.15) is 0 Å². The Morgan fingerprint density at radius 3 is 2.94 bits per heavy atom. The maximum absolute atomic E-state index is 8.97. The molecule has 0 amide bonds. The van der Waals surface area contributed by atoms with Gasteiger partial charge in [-0.15, -0.1) is 0 Å². The summed E-state index contributed by atoms with van der Waals surface area (Å²) in [6, 6.07) is 4.22. The number of aromatic nitrogens is 1. The monoisotopic (exact) mass is 235 g/mol. The molecule has 1 fully saturated rings. The zero-order chi connectivity index (χ0) is 12.1. The first-order valence-corrected chi connectivity index (χ1v) is 6.30. The van der Waals surface area contributed by atoms with Crippen LogP contribution in [-0.4, -0.2) is 54.3 Å². The van der Waals surface area contributed by atoms with Gasteiger partial charge in [0, 0.05) is 43.8 Å². The van der Waals surface area contributed by atoms with Crippen molar-refractivity contribution in [2.75, 3.05) is 44.2 Å². The fourth-order valence-corrected chi connectivity index (χ4v) is 2.32. The van der Waals surface area contributed by atoms with E-state index in [2.05, 4.69) is 26.9 Å². The highest BCUT2D eigenvalue weighted by Gasteiger charge is 2.14. The van der Waals surface area contributed by atoms with Crippen LogP contribution >= 0.6 is 0 Å². The van der Waals surface area contributed by atoms with Crippen molar-refractivity contribution in [2.45, 2.75) is 13.3 Å². The summed E-state index contributed by atoms with van der Waals surface area (Å²) in [5.74, 6) is 0. The molecule has 1 aliphatic rings. The predicted octanol–water partition coefficient (Wildman–Crippen LogP) is 0.894. The van der Waals surface area contributed by atoms with Crippen molar-refractivity contribution in [3.63, 3.8) is 0 Å². The number of aryl methyl sites for hydroxylation is 1. The van der Waals surface area contributed by atoms with Crippen molar-refractivity contribution in [1.82, 2.24) is 9.88 Å². The molecule has 1 aromatic heterocycles. The first-order valence-electron chi connectivity index (χ1n) is 6.30. The van der Waals surface area contributed by atoms with Gasteiger partial charge < -0.3 is 10.0 Å². The van der Waals surface area contributed by atoms with Crippen LogP contribution in [0.1, 0.15) is 12.1 Å². The smallest absolute Gasteiger partial charge is 0.0558 e. The molecule has 0 aromatic carbocycles. The van der Waals surface area contributed by atoms with Crippen LogP contribution in [0.3, 0.4) is 0 Å². The molecule has 0 aliphatic carbocycles. The Morgan fingerprint density at radius 1 is 1.29 bits per heavy atom. The summed E-state index contributed by atoms with van der Waals surface area (Å²) >= 11 is 0. The maximum atomic E-state index is 8.97. The molecule has 1 saturated heterocycles. The minimum Gasteiger partial charge on any atom is -0.395 e. The number of β-amino-alcohol motifs (C(OH)–C–C–N with tert-alkyl or cyclic N) is 1. The lowest BCUT2D eigenvalue weighted by molar-refractivity contribution is 0.204. The van der Waals surface area contributed by atoms with E-state index in [1.807, 2.05) is 13.1 Å². The topological polar surface area (TPSA) is 39.6 Å². The van der Waals surface area contributed by atoms with E-state index in [4.69, 9.17) is 5.11 Å². The lowest BCUT2D eigenvalue weighted by atomic mass is 10.3. The Kier molecular flexibility index (Phi) is 4.34. The summed E-state index contributed by atoms with van der Waals surface area (Å²) in [6.45, 7) is 7.31. The molecule has 0 saturated carbocycles. The predicted molar refractivity (Wildman–Crippen MR) is 69.3 cm³/mol. The van der Waals surface area contributed by atoms with Crippen LogP contribution in [0.15, 0.2) is 18.3 Å². The van der Waals surface area contributed by atoms with Crippen molar-refractivity contribution in [3.8, 4) is 0 Å². The van der Waals surface area contributed by atoms with Crippen LogP contribution in [0.25, 0.3) is 0 Å². The van der Waals surface area contributed by atoms with Gasteiger partial charge in [-0.25, -0.2) is 0 Å². The molecule has 0 atom stereocenters. The molecule has 0 unspecified atom stereocenters. The summed E-state index contributed by atoms with van der Waals surface area (Å²) in [6.07, 6.45) is 3.03. The summed E-state index contributed by atoms with van der Waals surface area (Å²) in [5, 5.41) is 8.97. The second kappa shape index (κ2) is 5.98. The van der Waals surface area contributed by atoms with E-state index >= 15 is 0 Å². The van der Waals surface area contributed by atoms with E-state index in [1.54, 1.807) is 0 Å². The Bertz CT molecular complexity index is 356. The van der Waals surface area contributed by atoms with E-state index in [0.29, 0.717) is 0 Å². The van der Waals surface area contributed by atoms with E-state index in [-0.39, 0.29) is 6.61 Å². The zero-order valence-electron chi connectivity index (χ0n) is 10.5. The van der Waals surface area contributed by atoms with Crippen molar-refractivity contribution in [1.29, 1.82) is 0 Å². The van der Waals surface area contributed by atoms with Crippen LogP contribution in [0.5, 0.6) is 0 Å². The molecule has 0 spiro atoms. The Hall–Kier alpha value is -1.13. The molecule has 1 N–H and O–H groups in total. The fraction of sp³-hybridized carbons (Fsp3) is 0.615. The summed E-state index contributed by atoms with van der Waals surface area (Å²) in [5.41, 5.74) is 2.34. The highest BCUT2D eigenvalue weighted by Crippen LogP contribution is 2.16. The number of nitrogens with zero attached hydrogens (tertiary/aromatic N) is 3. The minimum absolute atomic E-state index is 0.258. The number of hydrogen-bond acceptors (Lipinski definition) is 4. The SMILES string of the molecule is Cc1cc(N2CCCN(CCO)CC2)ccn1. The second-order valence-corrected chi connectivity index (χ2v) is 4.56. The molecular formula is C13H21N3O. The van der Waals surface area contributed by atoms with E-state index in [9.17, 15) is 0 Å². The second-order valence-electron chi connectivity index (χ2n) is 4.56. The van der Waals surface area contributed by atoms with Crippen LogP contribution in [0, 0.1) is 6.92 Å². The molecule has 2 rings (SSSR count). The van der Waals surface area contributed by atoms with Gasteiger partial charge >= 0.3 is 0 Å². The summed E-state index contributed by atoms with van der Waals surface area (Å²) in [7, 11) is 0. The molecule has 1 aliphatic heterocycles. The van der Waals surface area contributed by atoms with Crippen molar-refractivity contribution >= 4 is 5.69 Å². The molecule has 94 valence electrons. The zero-order valence-corrected chi connectivity index (χ0v) is 10.5. The molecule has 0 radical (unpaired) electrons. The van der Waals surface area contributed by atoms with E-state index in [0.717, 1.165) is 44.8 Å². The summed E-state index contributed by atoms with van der Waals surface area (Å²) in [4.78, 5) is 8.97. The lowest BCUT2D eigenvalue weighted by Gasteiger charge is -2.23. The van der Waals surface area contributed by atoms with Crippen molar-refractivity contribution < 1.29 is 5.11 Å². The van der Waals surface area contributed by atoms with E-state index in [1.165, 1.54) is 5.69 Å². The van der Waals surface area contributed by atoms with Crippen LogP contribution in [-0.2, 0) is 0 Å². The summed E-state index contributed by atoms with van der Waals surface area (Å²) < 4.78 is 0. The third-order valence-corrected chi connectivity index (χ3v) is 3.25. The van der Waals surface area contributed by atoms with Gasteiger partial charge in [0.25, 0.3) is 0 Å². The average molecular weight is 235 g/mol. The number of aliphatic hydroxyl groups is 1. The number of aliphatic hydroxyl groups excluding tert-OH is 1. The first-order chi connectivity index (χ1) is 8.29. The van der Waals surface area contributed by atoms with Gasteiger partial charge in [0.15, 0.2) is 0 Å². The van der Waals surface area contributed by atoms with Gasteiger partial charge in [0.2, 0.25) is 0 Å². The number of rotatable bonds is 3. The van der Waals surface area contributed by atoms with Gasteiger partial charge in [-0.2, -0.15) is 0 Å². The Labute approximate surface area is 103 Å². The molecular weight excluding hydrogens is 214 g/mol. The minimum atomic E-state index is 0.258. The van der Waals surface area contributed by atoms with E-state index < -0.39 is 0 Å². The third kappa shape index (κ3) is 3.41. The Balaban J connectivity index is 1.99. The fourth-order valence-electron chi connectivity index (χ4n) is 2.32. The van der Waals surface area contributed by atoms with Crippen molar-refractivity contribution in [3.05, 3.63) is 24.0 Å². The average Bonchev–Trinajstić information content (AvgIpc) is 2.55. The number of hydrogen-bond donors (Lipinski definition) is 1. The van der Waals surface area contributed by atoms with Crippen LogP contribution in [0.2, 0.25) is 0 Å².